The van der Waals surface area contributed by atoms with Crippen LogP contribution in [0.2, 0.25) is 0 Å². The standard InChI is InChI=1S/C22H28N4O3/c1-23-22(24-15-18-5-2-3-6-19(18)29-16-17-8-9-17)26-12-10-25(11-13-26)21(27)20-7-4-14-28-20/h2-7,14,17H,8-13,15-16H2,1H3,(H,23,24). The zero-order chi connectivity index (χ0) is 20.1. The number of ether oxygens (including phenoxy) is 1. The predicted octanol–water partition coefficient (Wildman–Crippen LogP) is 2.60. The number of carbonyl (C=O) groups is 1. The maximum Gasteiger partial charge on any atom is 0.289 e. The van der Waals surface area contributed by atoms with Gasteiger partial charge in [-0.15, -0.1) is 0 Å². The number of carbonyl (C=O) groups excluding carboxylic acids is 1. The summed E-state index contributed by atoms with van der Waals surface area (Å²) in [7, 11) is 1.79. The van der Waals surface area contributed by atoms with Crippen LogP contribution in [0.15, 0.2) is 52.1 Å². The molecule has 0 radical (unpaired) electrons. The van der Waals surface area contributed by atoms with Gasteiger partial charge in [0, 0.05) is 45.3 Å². The average molecular weight is 396 g/mol. The molecule has 1 saturated heterocycles. The van der Waals surface area contributed by atoms with Crippen molar-refractivity contribution in [2.45, 2.75) is 19.4 Å². The second-order valence-corrected chi connectivity index (χ2v) is 7.52. The Labute approximate surface area is 171 Å². The van der Waals surface area contributed by atoms with E-state index in [9.17, 15) is 4.79 Å². The fraction of sp³-hybridized carbons (Fsp3) is 0.455. The summed E-state index contributed by atoms with van der Waals surface area (Å²) < 4.78 is 11.2. The highest BCUT2D eigenvalue weighted by Gasteiger charge is 2.25. The number of rotatable bonds is 6. The van der Waals surface area contributed by atoms with Crippen molar-refractivity contribution in [3.63, 3.8) is 0 Å². The van der Waals surface area contributed by atoms with Crippen molar-refractivity contribution in [2.24, 2.45) is 10.9 Å². The molecular weight excluding hydrogens is 368 g/mol. The molecule has 154 valence electrons. The topological polar surface area (TPSA) is 70.3 Å². The van der Waals surface area contributed by atoms with Gasteiger partial charge >= 0.3 is 0 Å². The van der Waals surface area contributed by atoms with Crippen LogP contribution < -0.4 is 10.1 Å². The molecule has 29 heavy (non-hydrogen) atoms. The highest BCUT2D eigenvalue weighted by atomic mass is 16.5. The van der Waals surface area contributed by atoms with E-state index in [2.05, 4.69) is 21.3 Å². The molecule has 1 aliphatic heterocycles. The highest BCUT2D eigenvalue weighted by molar-refractivity contribution is 5.91. The van der Waals surface area contributed by atoms with Crippen LogP contribution in [0.1, 0.15) is 29.0 Å². The number of nitrogens with one attached hydrogen (secondary N) is 1. The van der Waals surface area contributed by atoms with Gasteiger partial charge < -0.3 is 24.3 Å². The van der Waals surface area contributed by atoms with E-state index < -0.39 is 0 Å². The summed E-state index contributed by atoms with van der Waals surface area (Å²) >= 11 is 0. The molecule has 0 unspecified atom stereocenters. The van der Waals surface area contributed by atoms with Gasteiger partial charge in [0.2, 0.25) is 0 Å². The Morgan fingerprint density at radius 2 is 1.90 bits per heavy atom. The molecular formula is C22H28N4O3. The lowest BCUT2D eigenvalue weighted by Gasteiger charge is -2.36. The number of amides is 1. The summed E-state index contributed by atoms with van der Waals surface area (Å²) in [4.78, 5) is 20.9. The summed E-state index contributed by atoms with van der Waals surface area (Å²) in [5.41, 5.74) is 1.13. The molecule has 2 fully saturated rings. The molecule has 2 aromatic rings. The SMILES string of the molecule is CN=C(NCc1ccccc1OCC1CC1)N1CCN(C(=O)c2ccco2)CC1. The number of benzene rings is 1. The first-order chi connectivity index (χ1) is 14.2. The van der Waals surface area contributed by atoms with Crippen LogP contribution in [0.5, 0.6) is 5.75 Å². The van der Waals surface area contributed by atoms with Gasteiger partial charge in [0.25, 0.3) is 5.91 Å². The Bertz CT molecular complexity index is 838. The van der Waals surface area contributed by atoms with E-state index in [0.717, 1.165) is 42.9 Å². The average Bonchev–Trinajstić information content (AvgIpc) is 3.44. The van der Waals surface area contributed by atoms with Crippen molar-refractivity contribution < 1.29 is 13.9 Å². The number of para-hydroxylation sites is 1. The predicted molar refractivity (Wildman–Crippen MR) is 111 cm³/mol. The monoisotopic (exact) mass is 396 g/mol. The minimum atomic E-state index is -0.0562. The molecule has 2 heterocycles. The summed E-state index contributed by atoms with van der Waals surface area (Å²) in [5.74, 6) is 2.84. The quantitative estimate of drug-likeness (QED) is 0.600. The molecule has 1 N–H and O–H groups in total. The van der Waals surface area contributed by atoms with Gasteiger partial charge in [-0.25, -0.2) is 0 Å². The molecule has 4 rings (SSSR count). The highest BCUT2D eigenvalue weighted by Crippen LogP contribution is 2.30. The number of piperazine rings is 1. The molecule has 0 spiro atoms. The fourth-order valence-corrected chi connectivity index (χ4v) is 3.47. The number of hydrogen-bond acceptors (Lipinski definition) is 4. The second-order valence-electron chi connectivity index (χ2n) is 7.52. The summed E-state index contributed by atoms with van der Waals surface area (Å²) in [6.07, 6.45) is 4.09. The van der Waals surface area contributed by atoms with Crippen LogP contribution in [0, 0.1) is 5.92 Å². The van der Waals surface area contributed by atoms with Crippen molar-refractivity contribution >= 4 is 11.9 Å². The molecule has 0 atom stereocenters. The number of hydrogen-bond donors (Lipinski definition) is 1. The summed E-state index contributed by atoms with van der Waals surface area (Å²) in [5, 5.41) is 3.44. The van der Waals surface area contributed by atoms with Crippen molar-refractivity contribution in [3.05, 3.63) is 54.0 Å². The smallest absolute Gasteiger partial charge is 0.289 e. The third-order valence-corrected chi connectivity index (χ3v) is 5.39. The van der Waals surface area contributed by atoms with E-state index in [-0.39, 0.29) is 5.91 Å². The Morgan fingerprint density at radius 1 is 1.14 bits per heavy atom. The zero-order valence-corrected chi connectivity index (χ0v) is 16.8. The van der Waals surface area contributed by atoms with Gasteiger partial charge in [-0.1, -0.05) is 18.2 Å². The van der Waals surface area contributed by atoms with E-state index >= 15 is 0 Å². The molecule has 1 saturated carbocycles. The van der Waals surface area contributed by atoms with E-state index in [1.54, 1.807) is 19.2 Å². The van der Waals surface area contributed by atoms with Crippen LogP contribution in [0.25, 0.3) is 0 Å². The Morgan fingerprint density at radius 3 is 2.59 bits per heavy atom. The number of aliphatic imine (C=N–C) groups is 1. The van der Waals surface area contributed by atoms with Gasteiger partial charge in [0.1, 0.15) is 5.75 Å². The van der Waals surface area contributed by atoms with E-state index in [4.69, 9.17) is 9.15 Å². The van der Waals surface area contributed by atoms with Crippen molar-refractivity contribution in [1.82, 2.24) is 15.1 Å². The first-order valence-electron chi connectivity index (χ1n) is 10.2. The van der Waals surface area contributed by atoms with E-state index in [1.807, 2.05) is 23.1 Å². The Balaban J connectivity index is 1.30. The number of furan rings is 1. The third-order valence-electron chi connectivity index (χ3n) is 5.39. The molecule has 7 nitrogen and oxygen atoms in total. The van der Waals surface area contributed by atoms with Crippen LogP contribution in [-0.2, 0) is 6.54 Å². The van der Waals surface area contributed by atoms with Gasteiger partial charge in [-0.05, 0) is 37.0 Å². The van der Waals surface area contributed by atoms with E-state index in [1.165, 1.54) is 19.1 Å². The van der Waals surface area contributed by atoms with Crippen molar-refractivity contribution in [1.29, 1.82) is 0 Å². The van der Waals surface area contributed by atoms with Gasteiger partial charge in [0.15, 0.2) is 11.7 Å². The molecule has 1 aromatic heterocycles. The van der Waals surface area contributed by atoms with Gasteiger partial charge in [-0.2, -0.15) is 0 Å². The molecule has 1 aliphatic carbocycles. The Kier molecular flexibility index (Phi) is 6.03. The lowest BCUT2D eigenvalue weighted by Crippen LogP contribution is -2.53. The van der Waals surface area contributed by atoms with Crippen molar-refractivity contribution in [2.75, 3.05) is 39.8 Å². The van der Waals surface area contributed by atoms with E-state index in [0.29, 0.717) is 25.4 Å². The molecule has 2 aliphatic rings. The van der Waals surface area contributed by atoms with Gasteiger partial charge in [-0.3, -0.25) is 9.79 Å². The lowest BCUT2D eigenvalue weighted by atomic mass is 10.2. The minimum absolute atomic E-state index is 0.0562. The van der Waals surface area contributed by atoms with Crippen LogP contribution in [0.4, 0.5) is 0 Å². The third kappa shape index (κ3) is 4.91. The van der Waals surface area contributed by atoms with Crippen molar-refractivity contribution in [3.8, 4) is 5.75 Å². The van der Waals surface area contributed by atoms with Crippen LogP contribution in [-0.4, -0.2) is 61.5 Å². The fourth-order valence-electron chi connectivity index (χ4n) is 3.47. The molecule has 1 amide bonds. The first kappa shape index (κ1) is 19.4. The maximum absolute atomic E-state index is 12.4. The largest absolute Gasteiger partial charge is 0.493 e. The summed E-state index contributed by atoms with van der Waals surface area (Å²) in [6, 6.07) is 11.6. The number of guanidine groups is 1. The molecule has 1 aromatic carbocycles. The van der Waals surface area contributed by atoms with Gasteiger partial charge in [0.05, 0.1) is 12.9 Å². The van der Waals surface area contributed by atoms with Crippen LogP contribution in [0.3, 0.4) is 0 Å². The zero-order valence-electron chi connectivity index (χ0n) is 16.8. The molecule has 0 bridgehead atoms. The Hall–Kier alpha value is -2.96. The minimum Gasteiger partial charge on any atom is -0.493 e. The number of nitrogens with zero attached hydrogens (tertiary/aromatic N) is 3. The first-order valence-corrected chi connectivity index (χ1v) is 10.2. The second kappa shape index (κ2) is 9.03. The summed E-state index contributed by atoms with van der Waals surface area (Å²) in [6.45, 7) is 4.19. The normalized spacial score (nSPS) is 17.3. The molecule has 7 heteroatoms. The van der Waals surface area contributed by atoms with Crippen LogP contribution >= 0.6 is 0 Å². The maximum atomic E-state index is 12.4. The lowest BCUT2D eigenvalue weighted by molar-refractivity contribution is 0.0657.